The maximum Gasteiger partial charge on any atom is 0.335 e. The van der Waals surface area contributed by atoms with Gasteiger partial charge in [-0.15, -0.1) is 0 Å². The Labute approximate surface area is 236 Å². The third-order valence-corrected chi connectivity index (χ3v) is 6.04. The number of urea groups is 1. The van der Waals surface area contributed by atoms with Crippen LogP contribution in [0.25, 0.3) is 6.08 Å². The van der Waals surface area contributed by atoms with Crippen LogP contribution in [0.1, 0.15) is 11.1 Å². The monoisotopic (exact) mass is 547 g/mol. The highest BCUT2D eigenvalue weighted by Gasteiger charge is 2.36. The Hall–Kier alpha value is -5.70. The van der Waals surface area contributed by atoms with Crippen molar-refractivity contribution in [3.8, 4) is 11.5 Å². The third-order valence-electron chi connectivity index (χ3n) is 6.04. The molecule has 1 heterocycles. The van der Waals surface area contributed by atoms with Gasteiger partial charge in [0.2, 0.25) is 0 Å². The summed E-state index contributed by atoms with van der Waals surface area (Å²) in [6, 6.07) is 30.8. The smallest absolute Gasteiger partial charge is 0.335 e. The van der Waals surface area contributed by atoms with Gasteiger partial charge in [-0.05, 0) is 65.7 Å². The van der Waals surface area contributed by atoms with Crippen molar-refractivity contribution in [3.63, 3.8) is 0 Å². The zero-order chi connectivity index (χ0) is 28.6. The van der Waals surface area contributed by atoms with Crippen LogP contribution in [0.3, 0.4) is 0 Å². The summed E-state index contributed by atoms with van der Waals surface area (Å²) >= 11 is 0. The van der Waals surface area contributed by atoms with Gasteiger partial charge in [0.1, 0.15) is 23.7 Å². The Morgan fingerprint density at radius 1 is 0.780 bits per heavy atom. The number of nitrogens with one attached hydrogen (secondary N) is 2. The fourth-order valence-corrected chi connectivity index (χ4v) is 4.05. The Kier molecular flexibility index (Phi) is 8.16. The fraction of sp³-hybridized carbons (Fsp3) is 0.0625. The first-order chi connectivity index (χ1) is 20.0. The highest BCUT2D eigenvalue weighted by Crippen LogP contribution is 2.25. The standard InChI is InChI=1S/C32H25N3O6/c36-29(33-24-11-5-2-6-12-24)21-41-27-13-7-10-23(18-27)19-28-30(37)34-32(39)35(31(28)38)25-14-16-26(17-15-25)40-20-22-8-3-1-4-9-22/h1-19H,20-21H2,(H,33,36)(H,34,37,39)/b28-19-. The van der Waals surface area contributed by atoms with Gasteiger partial charge < -0.3 is 14.8 Å². The first kappa shape index (κ1) is 26.9. The van der Waals surface area contributed by atoms with E-state index >= 15 is 0 Å². The number of hydrogen-bond donors (Lipinski definition) is 2. The first-order valence-electron chi connectivity index (χ1n) is 12.7. The van der Waals surface area contributed by atoms with Crippen molar-refractivity contribution in [2.45, 2.75) is 6.61 Å². The zero-order valence-electron chi connectivity index (χ0n) is 21.8. The molecule has 0 aliphatic carbocycles. The molecule has 5 amide bonds. The molecule has 1 aliphatic heterocycles. The molecule has 0 saturated carbocycles. The number of amides is 5. The molecule has 0 spiro atoms. The molecule has 204 valence electrons. The molecule has 0 aromatic heterocycles. The molecule has 4 aromatic rings. The molecule has 41 heavy (non-hydrogen) atoms. The van der Waals surface area contributed by atoms with E-state index in [9.17, 15) is 19.2 Å². The molecule has 0 unspecified atom stereocenters. The highest BCUT2D eigenvalue weighted by atomic mass is 16.5. The van der Waals surface area contributed by atoms with E-state index in [-0.39, 0.29) is 23.8 Å². The molecule has 1 saturated heterocycles. The molecule has 0 atom stereocenters. The average molecular weight is 548 g/mol. The van der Waals surface area contributed by atoms with E-state index in [0.717, 1.165) is 10.5 Å². The second kappa shape index (κ2) is 12.4. The summed E-state index contributed by atoms with van der Waals surface area (Å²) in [6.45, 7) is 0.132. The van der Waals surface area contributed by atoms with E-state index in [0.29, 0.717) is 29.4 Å². The lowest BCUT2D eigenvalue weighted by atomic mass is 10.1. The van der Waals surface area contributed by atoms with Crippen molar-refractivity contribution in [2.24, 2.45) is 0 Å². The van der Waals surface area contributed by atoms with Crippen LogP contribution < -0.4 is 25.0 Å². The van der Waals surface area contributed by atoms with E-state index in [4.69, 9.17) is 9.47 Å². The van der Waals surface area contributed by atoms with E-state index in [1.807, 2.05) is 48.5 Å². The minimum atomic E-state index is -0.850. The van der Waals surface area contributed by atoms with Gasteiger partial charge in [0, 0.05) is 5.69 Å². The predicted molar refractivity (Wildman–Crippen MR) is 153 cm³/mol. The maximum absolute atomic E-state index is 13.3. The van der Waals surface area contributed by atoms with Crippen LogP contribution in [-0.2, 0) is 21.0 Å². The molecule has 9 heteroatoms. The number of rotatable bonds is 9. The van der Waals surface area contributed by atoms with Gasteiger partial charge in [0.15, 0.2) is 6.61 Å². The zero-order valence-corrected chi connectivity index (χ0v) is 21.8. The van der Waals surface area contributed by atoms with Gasteiger partial charge in [-0.25, -0.2) is 9.69 Å². The van der Waals surface area contributed by atoms with Gasteiger partial charge in [-0.3, -0.25) is 19.7 Å². The summed E-state index contributed by atoms with van der Waals surface area (Å²) in [6.07, 6.45) is 1.37. The molecule has 1 fully saturated rings. The summed E-state index contributed by atoms with van der Waals surface area (Å²) < 4.78 is 11.4. The third kappa shape index (κ3) is 6.85. The minimum Gasteiger partial charge on any atom is -0.489 e. The molecule has 0 bridgehead atoms. The Bertz CT molecular complexity index is 1600. The number of hydrogen-bond acceptors (Lipinski definition) is 6. The SMILES string of the molecule is O=C(COc1cccc(/C=C2/C(=O)NC(=O)N(c3ccc(OCc4ccccc4)cc3)C2=O)c1)Nc1ccccc1. The van der Waals surface area contributed by atoms with Crippen molar-refractivity contribution in [2.75, 3.05) is 16.8 Å². The van der Waals surface area contributed by atoms with Crippen molar-refractivity contribution in [3.05, 3.63) is 126 Å². The molecular weight excluding hydrogens is 522 g/mol. The molecule has 9 nitrogen and oxygen atoms in total. The quantitative estimate of drug-likeness (QED) is 0.226. The lowest BCUT2D eigenvalue weighted by Crippen LogP contribution is -2.54. The molecule has 1 aliphatic rings. The van der Waals surface area contributed by atoms with Gasteiger partial charge in [0.25, 0.3) is 17.7 Å². The summed E-state index contributed by atoms with van der Waals surface area (Å²) in [5, 5.41) is 4.94. The van der Waals surface area contributed by atoms with Crippen molar-refractivity contribution in [1.82, 2.24) is 5.32 Å². The van der Waals surface area contributed by atoms with E-state index < -0.39 is 17.8 Å². The van der Waals surface area contributed by atoms with Crippen molar-refractivity contribution < 1.29 is 28.7 Å². The van der Waals surface area contributed by atoms with Gasteiger partial charge in [-0.2, -0.15) is 0 Å². The van der Waals surface area contributed by atoms with E-state index in [2.05, 4.69) is 10.6 Å². The predicted octanol–water partition coefficient (Wildman–Crippen LogP) is 4.95. The van der Waals surface area contributed by atoms with Gasteiger partial charge >= 0.3 is 6.03 Å². The number of carbonyl (C=O) groups excluding carboxylic acids is 4. The number of anilines is 2. The normalized spacial score (nSPS) is 14.0. The number of nitrogens with zero attached hydrogens (tertiary/aromatic N) is 1. The van der Waals surface area contributed by atoms with Crippen LogP contribution in [0.15, 0.2) is 115 Å². The first-order valence-corrected chi connectivity index (χ1v) is 12.7. The number of imide groups is 2. The highest BCUT2D eigenvalue weighted by molar-refractivity contribution is 6.39. The molecule has 0 radical (unpaired) electrons. The van der Waals surface area contributed by atoms with E-state index in [1.54, 1.807) is 60.7 Å². The van der Waals surface area contributed by atoms with Crippen LogP contribution in [0.2, 0.25) is 0 Å². The number of para-hydroxylation sites is 1. The average Bonchev–Trinajstić information content (AvgIpc) is 2.99. The molecule has 4 aromatic carbocycles. The minimum absolute atomic E-state index is 0.229. The molecular formula is C32H25N3O6. The number of carbonyl (C=O) groups is 4. The van der Waals surface area contributed by atoms with Crippen LogP contribution >= 0.6 is 0 Å². The summed E-state index contributed by atoms with van der Waals surface area (Å²) in [4.78, 5) is 51.6. The Morgan fingerprint density at radius 3 is 2.22 bits per heavy atom. The number of barbiturate groups is 1. The van der Waals surface area contributed by atoms with Crippen molar-refractivity contribution in [1.29, 1.82) is 0 Å². The van der Waals surface area contributed by atoms with Gasteiger partial charge in [0.05, 0.1) is 5.69 Å². The van der Waals surface area contributed by atoms with Crippen molar-refractivity contribution >= 4 is 41.2 Å². The maximum atomic E-state index is 13.3. The van der Waals surface area contributed by atoms with E-state index in [1.165, 1.54) is 6.08 Å². The van der Waals surface area contributed by atoms with Crippen LogP contribution in [0.4, 0.5) is 16.2 Å². The second-order valence-corrected chi connectivity index (χ2v) is 9.00. The lowest BCUT2D eigenvalue weighted by molar-refractivity contribution is -0.122. The van der Waals surface area contributed by atoms with Crippen LogP contribution in [0, 0.1) is 0 Å². The summed E-state index contributed by atoms with van der Waals surface area (Å²) in [5.74, 6) is -1.00. The lowest BCUT2D eigenvalue weighted by Gasteiger charge is -2.26. The molecule has 5 rings (SSSR count). The summed E-state index contributed by atoms with van der Waals surface area (Å²) in [5.41, 5.74) is 2.17. The summed E-state index contributed by atoms with van der Waals surface area (Å²) in [7, 11) is 0. The van der Waals surface area contributed by atoms with Gasteiger partial charge in [-0.1, -0.05) is 60.7 Å². The Morgan fingerprint density at radius 2 is 1.49 bits per heavy atom. The molecule has 2 N–H and O–H groups in total. The second-order valence-electron chi connectivity index (χ2n) is 9.00. The topological polar surface area (TPSA) is 114 Å². The number of benzene rings is 4. The van der Waals surface area contributed by atoms with Crippen LogP contribution in [0.5, 0.6) is 11.5 Å². The van der Waals surface area contributed by atoms with Crippen LogP contribution in [-0.4, -0.2) is 30.4 Å². The number of ether oxygens (including phenoxy) is 2. The largest absolute Gasteiger partial charge is 0.489 e. The Balaban J connectivity index is 1.26. The fourth-order valence-electron chi connectivity index (χ4n) is 4.05.